The molecule has 4 heteroatoms. The van der Waals surface area contributed by atoms with Crippen LogP contribution in [0, 0.1) is 6.92 Å². The van der Waals surface area contributed by atoms with Crippen LogP contribution in [0.4, 0.5) is 5.69 Å². The Balaban J connectivity index is 1.92. The van der Waals surface area contributed by atoms with E-state index in [0.717, 1.165) is 30.9 Å². The molecule has 104 valence electrons. The maximum absolute atomic E-state index is 5.94. The molecule has 2 aromatic rings. The van der Waals surface area contributed by atoms with E-state index in [1.54, 1.807) is 6.20 Å². The van der Waals surface area contributed by atoms with Crippen LogP contribution < -0.4 is 10.1 Å². The zero-order valence-corrected chi connectivity index (χ0v) is 12.2. The number of aromatic nitrogens is 1. The molecule has 1 aliphatic rings. The SMILES string of the molecule is Cc1cccc2c1OCCCC2Nc1ccnc(Cl)c1. The van der Waals surface area contributed by atoms with Crippen LogP contribution >= 0.6 is 11.6 Å². The normalized spacial score (nSPS) is 17.8. The van der Waals surface area contributed by atoms with Crippen LogP contribution in [-0.2, 0) is 0 Å². The van der Waals surface area contributed by atoms with Gasteiger partial charge >= 0.3 is 0 Å². The second-order valence-corrected chi connectivity index (χ2v) is 5.44. The number of para-hydroxylation sites is 1. The number of nitrogens with one attached hydrogen (secondary N) is 1. The Labute approximate surface area is 123 Å². The lowest BCUT2D eigenvalue weighted by Gasteiger charge is -2.20. The Bertz CT molecular complexity index is 615. The number of hydrogen-bond donors (Lipinski definition) is 1. The smallest absolute Gasteiger partial charge is 0.131 e. The summed E-state index contributed by atoms with van der Waals surface area (Å²) in [5.74, 6) is 1.02. The van der Waals surface area contributed by atoms with Crippen molar-refractivity contribution in [2.75, 3.05) is 11.9 Å². The average Bonchev–Trinajstić information content (AvgIpc) is 2.63. The third-order valence-corrected chi connectivity index (χ3v) is 3.78. The van der Waals surface area contributed by atoms with Crippen molar-refractivity contribution in [1.29, 1.82) is 0 Å². The van der Waals surface area contributed by atoms with E-state index in [-0.39, 0.29) is 6.04 Å². The monoisotopic (exact) mass is 288 g/mol. The predicted octanol–water partition coefficient (Wildman–Crippen LogP) is 4.37. The molecule has 3 nitrogen and oxygen atoms in total. The summed E-state index contributed by atoms with van der Waals surface area (Å²) in [5, 5.41) is 4.04. The quantitative estimate of drug-likeness (QED) is 0.833. The molecule has 1 aromatic carbocycles. The van der Waals surface area contributed by atoms with Gasteiger partial charge in [-0.2, -0.15) is 0 Å². The molecule has 1 aromatic heterocycles. The second-order valence-electron chi connectivity index (χ2n) is 5.05. The maximum Gasteiger partial charge on any atom is 0.131 e. The number of hydrogen-bond acceptors (Lipinski definition) is 3. The van der Waals surface area contributed by atoms with E-state index < -0.39 is 0 Å². The van der Waals surface area contributed by atoms with Crippen LogP contribution in [0.25, 0.3) is 0 Å². The Morgan fingerprint density at radius 3 is 3.10 bits per heavy atom. The summed E-state index contributed by atoms with van der Waals surface area (Å²) < 4.78 is 5.89. The van der Waals surface area contributed by atoms with Crippen LogP contribution in [0.15, 0.2) is 36.5 Å². The summed E-state index contributed by atoms with van der Waals surface area (Å²) in [6, 6.07) is 10.3. The molecule has 0 saturated heterocycles. The minimum Gasteiger partial charge on any atom is -0.493 e. The number of nitrogens with zero attached hydrogens (tertiary/aromatic N) is 1. The van der Waals surface area contributed by atoms with Crippen molar-refractivity contribution in [2.45, 2.75) is 25.8 Å². The highest BCUT2D eigenvalue weighted by Gasteiger charge is 2.20. The van der Waals surface area contributed by atoms with Gasteiger partial charge < -0.3 is 10.1 Å². The van der Waals surface area contributed by atoms with Crippen molar-refractivity contribution < 1.29 is 4.74 Å². The second kappa shape index (κ2) is 5.71. The molecule has 0 aliphatic carbocycles. The number of rotatable bonds is 2. The van der Waals surface area contributed by atoms with Gasteiger partial charge in [-0.15, -0.1) is 0 Å². The molecule has 0 spiro atoms. The summed E-state index contributed by atoms with van der Waals surface area (Å²) in [7, 11) is 0. The van der Waals surface area contributed by atoms with E-state index in [4.69, 9.17) is 16.3 Å². The van der Waals surface area contributed by atoms with E-state index >= 15 is 0 Å². The molecule has 1 aliphatic heterocycles. The third kappa shape index (κ3) is 2.73. The van der Waals surface area contributed by atoms with Crippen molar-refractivity contribution in [3.8, 4) is 5.75 Å². The van der Waals surface area contributed by atoms with Crippen molar-refractivity contribution >= 4 is 17.3 Å². The minimum absolute atomic E-state index is 0.242. The zero-order valence-electron chi connectivity index (χ0n) is 11.4. The molecule has 1 N–H and O–H groups in total. The van der Waals surface area contributed by atoms with Gasteiger partial charge in [-0.1, -0.05) is 29.8 Å². The van der Waals surface area contributed by atoms with Crippen LogP contribution in [0.2, 0.25) is 5.15 Å². The van der Waals surface area contributed by atoms with E-state index in [9.17, 15) is 0 Å². The topological polar surface area (TPSA) is 34.1 Å². The molecule has 1 atom stereocenters. The van der Waals surface area contributed by atoms with Gasteiger partial charge in [0.15, 0.2) is 0 Å². The van der Waals surface area contributed by atoms with Gasteiger partial charge in [-0.3, -0.25) is 0 Å². The van der Waals surface area contributed by atoms with Gasteiger partial charge in [-0.25, -0.2) is 4.98 Å². The van der Waals surface area contributed by atoms with Crippen LogP contribution in [-0.4, -0.2) is 11.6 Å². The summed E-state index contributed by atoms with van der Waals surface area (Å²) in [6.07, 6.45) is 3.79. The summed E-state index contributed by atoms with van der Waals surface area (Å²) in [5.41, 5.74) is 3.39. The molecule has 0 amide bonds. The van der Waals surface area contributed by atoms with Gasteiger partial charge in [0.05, 0.1) is 12.6 Å². The van der Waals surface area contributed by atoms with Gasteiger partial charge in [0.1, 0.15) is 10.9 Å². The Hall–Kier alpha value is -1.74. The third-order valence-electron chi connectivity index (χ3n) is 3.57. The van der Waals surface area contributed by atoms with Gasteiger partial charge in [-0.05, 0) is 37.5 Å². The Morgan fingerprint density at radius 2 is 2.25 bits per heavy atom. The standard InChI is InChI=1S/C16H17ClN2O/c1-11-4-2-5-13-14(6-3-9-20-16(11)13)19-12-7-8-18-15(17)10-12/h2,4-5,7-8,10,14H,3,6,9H2,1H3,(H,18,19). The van der Waals surface area contributed by atoms with Gasteiger partial charge in [0.25, 0.3) is 0 Å². The Kier molecular flexibility index (Phi) is 3.79. The van der Waals surface area contributed by atoms with Crippen LogP contribution in [0.3, 0.4) is 0 Å². The lowest BCUT2D eigenvalue weighted by Crippen LogP contribution is -2.10. The number of pyridine rings is 1. The predicted molar refractivity (Wildman–Crippen MR) is 81.5 cm³/mol. The minimum atomic E-state index is 0.242. The number of aryl methyl sites for hydroxylation is 1. The maximum atomic E-state index is 5.94. The first-order valence-corrected chi connectivity index (χ1v) is 7.22. The molecule has 0 bridgehead atoms. The molecule has 20 heavy (non-hydrogen) atoms. The van der Waals surface area contributed by atoms with Crippen molar-refractivity contribution in [3.63, 3.8) is 0 Å². The molecular formula is C16H17ClN2O. The van der Waals surface area contributed by atoms with Crippen LogP contribution in [0.1, 0.15) is 30.0 Å². The fourth-order valence-corrected chi connectivity index (χ4v) is 2.78. The molecule has 0 radical (unpaired) electrons. The van der Waals surface area contributed by atoms with Gasteiger partial charge in [0.2, 0.25) is 0 Å². The average molecular weight is 289 g/mol. The zero-order chi connectivity index (χ0) is 13.9. The number of anilines is 1. The fourth-order valence-electron chi connectivity index (χ4n) is 2.61. The summed E-state index contributed by atoms with van der Waals surface area (Å²) >= 11 is 5.94. The van der Waals surface area contributed by atoms with Crippen molar-refractivity contribution in [2.24, 2.45) is 0 Å². The van der Waals surface area contributed by atoms with E-state index in [1.165, 1.54) is 11.1 Å². The highest BCUT2D eigenvalue weighted by atomic mass is 35.5. The van der Waals surface area contributed by atoms with Crippen molar-refractivity contribution in [3.05, 3.63) is 52.8 Å². The van der Waals surface area contributed by atoms with E-state index in [0.29, 0.717) is 5.15 Å². The molecule has 1 unspecified atom stereocenters. The Morgan fingerprint density at radius 1 is 1.35 bits per heavy atom. The number of benzene rings is 1. The number of halogens is 1. The lowest BCUT2D eigenvalue weighted by molar-refractivity contribution is 0.314. The number of ether oxygens (including phenoxy) is 1. The van der Waals surface area contributed by atoms with Crippen molar-refractivity contribution in [1.82, 2.24) is 4.98 Å². The molecule has 3 rings (SSSR count). The lowest BCUT2D eigenvalue weighted by atomic mass is 9.99. The molecular weight excluding hydrogens is 272 g/mol. The first-order valence-electron chi connectivity index (χ1n) is 6.84. The summed E-state index contributed by atoms with van der Waals surface area (Å²) in [6.45, 7) is 2.86. The van der Waals surface area contributed by atoms with Gasteiger partial charge in [0, 0.05) is 17.4 Å². The summed E-state index contributed by atoms with van der Waals surface area (Å²) in [4.78, 5) is 4.01. The first kappa shape index (κ1) is 13.3. The number of fused-ring (bicyclic) bond motifs is 1. The molecule has 0 saturated carbocycles. The van der Waals surface area contributed by atoms with E-state index in [2.05, 4.69) is 35.4 Å². The highest BCUT2D eigenvalue weighted by molar-refractivity contribution is 6.29. The molecule has 2 heterocycles. The van der Waals surface area contributed by atoms with Crippen LogP contribution in [0.5, 0.6) is 5.75 Å². The fraction of sp³-hybridized carbons (Fsp3) is 0.312. The highest BCUT2D eigenvalue weighted by Crippen LogP contribution is 2.36. The molecule has 0 fully saturated rings. The van der Waals surface area contributed by atoms with E-state index in [1.807, 2.05) is 12.1 Å². The largest absolute Gasteiger partial charge is 0.493 e. The first-order chi connectivity index (χ1) is 9.74.